The summed E-state index contributed by atoms with van der Waals surface area (Å²) in [5, 5.41) is 9.83. The Bertz CT molecular complexity index is 589. The molecule has 0 amide bonds. The number of fused-ring (bicyclic) bond motifs is 1. The number of furan rings is 1. The van der Waals surface area contributed by atoms with E-state index in [1.54, 1.807) is 12.3 Å². The van der Waals surface area contributed by atoms with Crippen LogP contribution in [0.25, 0.3) is 10.8 Å². The lowest BCUT2D eigenvalue weighted by molar-refractivity contribution is -0.138. The van der Waals surface area contributed by atoms with Gasteiger partial charge < -0.3 is 9.52 Å². The van der Waals surface area contributed by atoms with Gasteiger partial charge in [0.05, 0.1) is 16.4 Å². The molecule has 0 fully saturated rings. The largest absolute Gasteiger partial charge is 0.481 e. The number of nitrogens with zero attached hydrogens (tertiary/aromatic N) is 1. The van der Waals surface area contributed by atoms with Crippen molar-refractivity contribution in [1.29, 1.82) is 0 Å². The minimum Gasteiger partial charge on any atom is -0.481 e. The van der Waals surface area contributed by atoms with Gasteiger partial charge in [0.1, 0.15) is 5.92 Å². The van der Waals surface area contributed by atoms with Crippen LogP contribution < -0.4 is 0 Å². The molecule has 0 aromatic carbocycles. The highest BCUT2D eigenvalue weighted by molar-refractivity contribution is 9.10. The van der Waals surface area contributed by atoms with E-state index in [1.807, 2.05) is 0 Å². The van der Waals surface area contributed by atoms with E-state index in [2.05, 4.69) is 20.9 Å². The number of hydrogen-bond acceptors (Lipinski definition) is 4. The molecule has 1 aliphatic rings. The number of hydrogen-bond donors (Lipinski definition) is 1. The molecule has 17 heavy (non-hydrogen) atoms. The fourth-order valence-corrected chi connectivity index (χ4v) is 3.67. The summed E-state index contributed by atoms with van der Waals surface area (Å²) in [5.74, 6) is -0.573. The van der Waals surface area contributed by atoms with Crippen LogP contribution in [0.1, 0.15) is 22.9 Å². The minimum absolute atomic E-state index is 0.455. The first-order valence-corrected chi connectivity index (χ1v) is 6.73. The molecule has 1 unspecified atom stereocenters. The molecule has 2 heterocycles. The Balaban J connectivity index is 2.04. The van der Waals surface area contributed by atoms with E-state index in [9.17, 15) is 4.79 Å². The summed E-state index contributed by atoms with van der Waals surface area (Å²) in [7, 11) is 0. The Hall–Kier alpha value is -1.14. The molecule has 3 rings (SSSR count). The quantitative estimate of drug-likeness (QED) is 0.924. The van der Waals surface area contributed by atoms with Crippen LogP contribution in [0.4, 0.5) is 0 Å². The topological polar surface area (TPSA) is 63.3 Å². The van der Waals surface area contributed by atoms with Gasteiger partial charge in [-0.2, -0.15) is 0 Å². The molecule has 1 atom stereocenters. The number of thiazole rings is 1. The summed E-state index contributed by atoms with van der Waals surface area (Å²) in [6, 6.07) is 1.80. The summed E-state index contributed by atoms with van der Waals surface area (Å²) in [4.78, 5) is 16.5. The standard InChI is InChI=1S/C11H8BrNO3S/c12-6-3-4-16-9(6)10-13-8-5(11(14)15)1-2-7(8)17-10/h3-5H,1-2H2,(H,14,15). The van der Waals surface area contributed by atoms with Gasteiger partial charge in [0.15, 0.2) is 10.8 Å². The third kappa shape index (κ3) is 1.71. The third-order valence-electron chi connectivity index (χ3n) is 2.83. The van der Waals surface area contributed by atoms with Crippen molar-refractivity contribution >= 4 is 33.2 Å². The average molecular weight is 314 g/mol. The molecule has 1 aliphatic carbocycles. The lowest BCUT2D eigenvalue weighted by atomic mass is 10.1. The zero-order valence-corrected chi connectivity index (χ0v) is 11.0. The summed E-state index contributed by atoms with van der Waals surface area (Å²) < 4.78 is 6.18. The Labute approximate surface area is 109 Å². The predicted octanol–water partition coefficient (Wildman–Crippen LogP) is 3.28. The van der Waals surface area contributed by atoms with Gasteiger partial charge in [-0.15, -0.1) is 11.3 Å². The zero-order chi connectivity index (χ0) is 12.0. The molecule has 0 radical (unpaired) electrons. The number of halogens is 1. The number of aryl methyl sites for hydroxylation is 1. The van der Waals surface area contributed by atoms with Gasteiger partial charge in [0.25, 0.3) is 0 Å². The van der Waals surface area contributed by atoms with E-state index in [0.717, 1.165) is 20.8 Å². The molecule has 0 saturated heterocycles. The van der Waals surface area contributed by atoms with E-state index >= 15 is 0 Å². The fraction of sp³-hybridized carbons (Fsp3) is 0.273. The van der Waals surface area contributed by atoms with Gasteiger partial charge in [-0.3, -0.25) is 4.79 Å². The first-order valence-electron chi connectivity index (χ1n) is 5.12. The molecule has 2 aromatic rings. The normalized spacial score (nSPS) is 18.3. The summed E-state index contributed by atoms with van der Waals surface area (Å²) >= 11 is 4.89. The van der Waals surface area contributed by atoms with Crippen LogP contribution in [0.15, 0.2) is 21.2 Å². The number of carboxylic acid groups (broad SMARTS) is 1. The Morgan fingerprint density at radius 3 is 3.12 bits per heavy atom. The van der Waals surface area contributed by atoms with E-state index in [0.29, 0.717) is 17.9 Å². The molecule has 0 bridgehead atoms. The second kappa shape index (κ2) is 3.96. The van der Waals surface area contributed by atoms with Crippen molar-refractivity contribution in [3.05, 3.63) is 27.4 Å². The molecule has 0 aliphatic heterocycles. The van der Waals surface area contributed by atoms with Gasteiger partial charge in [-0.05, 0) is 34.8 Å². The number of carbonyl (C=O) groups is 1. The van der Waals surface area contributed by atoms with Gasteiger partial charge in [-0.25, -0.2) is 4.98 Å². The molecule has 4 nitrogen and oxygen atoms in total. The fourth-order valence-electron chi connectivity index (χ4n) is 2.01. The maximum atomic E-state index is 11.1. The number of aliphatic carboxylic acids is 1. The molecule has 1 N–H and O–H groups in total. The zero-order valence-electron chi connectivity index (χ0n) is 8.64. The lowest BCUT2D eigenvalue weighted by Gasteiger charge is -2.00. The molecule has 0 spiro atoms. The van der Waals surface area contributed by atoms with Crippen molar-refractivity contribution in [2.75, 3.05) is 0 Å². The molecule has 0 saturated carbocycles. The highest BCUT2D eigenvalue weighted by Gasteiger charge is 2.33. The third-order valence-corrected chi connectivity index (χ3v) is 4.58. The number of rotatable bonds is 2. The smallest absolute Gasteiger partial charge is 0.312 e. The van der Waals surface area contributed by atoms with Crippen LogP contribution in [0, 0.1) is 0 Å². The van der Waals surface area contributed by atoms with Crippen molar-refractivity contribution in [1.82, 2.24) is 4.98 Å². The van der Waals surface area contributed by atoms with Crippen molar-refractivity contribution < 1.29 is 14.3 Å². The van der Waals surface area contributed by atoms with E-state index in [1.165, 1.54) is 11.3 Å². The highest BCUT2D eigenvalue weighted by Crippen LogP contribution is 2.41. The van der Waals surface area contributed by atoms with Crippen LogP contribution in [0.2, 0.25) is 0 Å². The lowest BCUT2D eigenvalue weighted by Crippen LogP contribution is -2.08. The van der Waals surface area contributed by atoms with E-state index in [4.69, 9.17) is 9.52 Å². The van der Waals surface area contributed by atoms with Gasteiger partial charge in [-0.1, -0.05) is 0 Å². The second-order valence-electron chi connectivity index (χ2n) is 3.85. The van der Waals surface area contributed by atoms with Crippen LogP contribution in [0.5, 0.6) is 0 Å². The Morgan fingerprint density at radius 1 is 1.65 bits per heavy atom. The van der Waals surface area contributed by atoms with Crippen LogP contribution in [0.3, 0.4) is 0 Å². The van der Waals surface area contributed by atoms with Crippen LogP contribution >= 0.6 is 27.3 Å². The molecular weight excluding hydrogens is 306 g/mol. The summed E-state index contributed by atoms with van der Waals surface area (Å²) in [6.07, 6.45) is 3.03. The van der Waals surface area contributed by atoms with Crippen molar-refractivity contribution in [2.45, 2.75) is 18.8 Å². The summed E-state index contributed by atoms with van der Waals surface area (Å²) in [5.41, 5.74) is 0.709. The summed E-state index contributed by atoms with van der Waals surface area (Å²) in [6.45, 7) is 0. The predicted molar refractivity (Wildman–Crippen MR) is 66.2 cm³/mol. The molecular formula is C11H8BrNO3S. The first kappa shape index (κ1) is 11.0. The van der Waals surface area contributed by atoms with Crippen LogP contribution in [-0.4, -0.2) is 16.1 Å². The second-order valence-corrected chi connectivity index (χ2v) is 5.79. The van der Waals surface area contributed by atoms with Crippen molar-refractivity contribution in [3.8, 4) is 10.8 Å². The van der Waals surface area contributed by atoms with E-state index in [-0.39, 0.29) is 0 Å². The van der Waals surface area contributed by atoms with Gasteiger partial charge in [0.2, 0.25) is 0 Å². The Morgan fingerprint density at radius 2 is 2.47 bits per heavy atom. The minimum atomic E-state index is -0.792. The van der Waals surface area contributed by atoms with Crippen molar-refractivity contribution in [3.63, 3.8) is 0 Å². The van der Waals surface area contributed by atoms with Gasteiger partial charge >= 0.3 is 5.97 Å². The average Bonchev–Trinajstić information content (AvgIpc) is 2.89. The van der Waals surface area contributed by atoms with Crippen molar-refractivity contribution in [2.24, 2.45) is 0 Å². The van der Waals surface area contributed by atoms with Gasteiger partial charge in [0, 0.05) is 4.88 Å². The Kier molecular flexibility index (Phi) is 2.56. The first-order chi connectivity index (χ1) is 8.16. The molecule has 2 aromatic heterocycles. The van der Waals surface area contributed by atoms with E-state index < -0.39 is 11.9 Å². The number of aromatic nitrogens is 1. The maximum Gasteiger partial charge on any atom is 0.312 e. The molecule has 6 heteroatoms. The monoisotopic (exact) mass is 313 g/mol. The maximum absolute atomic E-state index is 11.1. The molecule has 88 valence electrons. The SMILES string of the molecule is O=C(O)C1CCc2sc(-c3occc3Br)nc21. The van der Waals surface area contributed by atoms with Crippen LogP contribution in [-0.2, 0) is 11.2 Å². The number of carboxylic acids is 1. The highest BCUT2D eigenvalue weighted by atomic mass is 79.9.